The molecule has 30 heavy (non-hydrogen) atoms. The molecule has 0 aliphatic carbocycles. The van der Waals surface area contributed by atoms with Crippen LogP contribution in [0.1, 0.15) is 11.1 Å². The minimum absolute atomic E-state index is 0.0153. The predicted molar refractivity (Wildman–Crippen MR) is 118 cm³/mol. The summed E-state index contributed by atoms with van der Waals surface area (Å²) in [5, 5.41) is 18.9. The first kappa shape index (κ1) is 19.5. The van der Waals surface area contributed by atoms with Gasteiger partial charge in [-0.1, -0.05) is 60.7 Å². The van der Waals surface area contributed by atoms with Gasteiger partial charge in [-0.3, -0.25) is 0 Å². The summed E-state index contributed by atoms with van der Waals surface area (Å²) < 4.78 is 0. The summed E-state index contributed by atoms with van der Waals surface area (Å²) in [5.74, 6) is 1.64. The van der Waals surface area contributed by atoms with Gasteiger partial charge in [-0.25, -0.2) is 15.0 Å². The van der Waals surface area contributed by atoms with Crippen LogP contribution in [0.4, 0.5) is 17.6 Å². The van der Waals surface area contributed by atoms with Gasteiger partial charge in [0.15, 0.2) is 11.6 Å². The summed E-state index contributed by atoms with van der Waals surface area (Å²) in [6.07, 6.45) is 1.51. The third kappa shape index (κ3) is 4.79. The zero-order chi connectivity index (χ0) is 20.6. The lowest BCUT2D eigenvalue weighted by molar-refractivity contribution is 0.311. The standard InChI is InChI=1S/C22H23N7O/c30-12-11-23-22-28-19-18(21(29-22)25-14-17-9-5-2-6-10-17)26-15-27-20(19)24-13-16-7-3-1-4-8-16/h1-10,15,30H,11-14H2,(H,24,26,27)(H2,23,25,28,29). The first-order chi connectivity index (χ1) is 14.8. The first-order valence-corrected chi connectivity index (χ1v) is 9.76. The molecule has 0 radical (unpaired) electrons. The number of hydrogen-bond donors (Lipinski definition) is 4. The fraction of sp³-hybridized carbons (Fsp3) is 0.182. The van der Waals surface area contributed by atoms with Crippen molar-refractivity contribution in [2.45, 2.75) is 13.1 Å². The number of rotatable bonds is 9. The second-order valence-electron chi connectivity index (χ2n) is 6.64. The molecule has 2 aromatic carbocycles. The van der Waals surface area contributed by atoms with Crippen molar-refractivity contribution in [3.8, 4) is 0 Å². The van der Waals surface area contributed by atoms with Crippen LogP contribution < -0.4 is 16.0 Å². The van der Waals surface area contributed by atoms with Crippen LogP contribution >= 0.6 is 0 Å². The van der Waals surface area contributed by atoms with Gasteiger partial charge in [-0.05, 0) is 11.1 Å². The molecule has 2 heterocycles. The maximum Gasteiger partial charge on any atom is 0.225 e. The molecule has 0 aliphatic rings. The number of hydrogen-bond acceptors (Lipinski definition) is 8. The van der Waals surface area contributed by atoms with Gasteiger partial charge in [-0.15, -0.1) is 0 Å². The summed E-state index contributed by atoms with van der Waals surface area (Å²) in [6.45, 7) is 1.55. The molecule has 0 saturated heterocycles. The largest absolute Gasteiger partial charge is 0.395 e. The normalized spacial score (nSPS) is 10.7. The van der Waals surface area contributed by atoms with Crippen molar-refractivity contribution in [1.82, 2.24) is 19.9 Å². The predicted octanol–water partition coefficient (Wildman–Crippen LogP) is 3.05. The van der Waals surface area contributed by atoms with E-state index < -0.39 is 0 Å². The number of aliphatic hydroxyl groups excluding tert-OH is 1. The number of benzene rings is 2. The van der Waals surface area contributed by atoms with E-state index in [-0.39, 0.29) is 6.61 Å². The molecule has 0 fully saturated rings. The second-order valence-corrected chi connectivity index (χ2v) is 6.64. The molecule has 0 atom stereocenters. The molecule has 4 aromatic rings. The highest BCUT2D eigenvalue weighted by Crippen LogP contribution is 2.25. The van der Waals surface area contributed by atoms with Crippen LogP contribution in [-0.2, 0) is 13.1 Å². The van der Waals surface area contributed by atoms with Crippen molar-refractivity contribution in [1.29, 1.82) is 0 Å². The average molecular weight is 401 g/mol. The Labute approximate surface area is 174 Å². The zero-order valence-corrected chi connectivity index (χ0v) is 16.4. The Morgan fingerprint density at radius 2 is 1.30 bits per heavy atom. The fourth-order valence-corrected chi connectivity index (χ4v) is 3.01. The van der Waals surface area contributed by atoms with Crippen molar-refractivity contribution in [3.05, 3.63) is 78.1 Å². The molecule has 4 rings (SSSR count). The highest BCUT2D eigenvalue weighted by molar-refractivity contribution is 5.93. The van der Waals surface area contributed by atoms with E-state index in [0.717, 1.165) is 11.1 Å². The van der Waals surface area contributed by atoms with Gasteiger partial charge in [0, 0.05) is 19.6 Å². The van der Waals surface area contributed by atoms with Gasteiger partial charge in [-0.2, -0.15) is 4.98 Å². The number of anilines is 3. The minimum atomic E-state index is -0.0153. The number of nitrogens with zero attached hydrogens (tertiary/aromatic N) is 4. The molecule has 4 N–H and O–H groups in total. The molecule has 0 saturated carbocycles. The average Bonchev–Trinajstić information content (AvgIpc) is 2.81. The first-order valence-electron chi connectivity index (χ1n) is 9.76. The number of nitrogens with one attached hydrogen (secondary N) is 3. The van der Waals surface area contributed by atoms with Crippen molar-refractivity contribution in [3.63, 3.8) is 0 Å². The summed E-state index contributed by atoms with van der Waals surface area (Å²) in [6, 6.07) is 20.2. The molecule has 8 heteroatoms. The van der Waals surface area contributed by atoms with Crippen molar-refractivity contribution in [2.24, 2.45) is 0 Å². The second kappa shape index (κ2) is 9.62. The Balaban J connectivity index is 1.65. The molecular weight excluding hydrogens is 378 g/mol. The van der Waals surface area contributed by atoms with E-state index in [1.807, 2.05) is 60.7 Å². The molecule has 0 aliphatic heterocycles. The van der Waals surface area contributed by atoms with Crippen LogP contribution in [0.2, 0.25) is 0 Å². The van der Waals surface area contributed by atoms with E-state index in [2.05, 4.69) is 35.9 Å². The van der Waals surface area contributed by atoms with Crippen LogP contribution in [0.3, 0.4) is 0 Å². The van der Waals surface area contributed by atoms with Gasteiger partial charge in [0.05, 0.1) is 6.61 Å². The Kier molecular flexibility index (Phi) is 6.26. The smallest absolute Gasteiger partial charge is 0.225 e. The van der Waals surface area contributed by atoms with Crippen LogP contribution in [0.25, 0.3) is 11.0 Å². The third-order valence-corrected chi connectivity index (χ3v) is 4.48. The monoisotopic (exact) mass is 401 g/mol. The van der Waals surface area contributed by atoms with E-state index in [1.54, 1.807) is 0 Å². The molecule has 0 amide bonds. The lowest BCUT2D eigenvalue weighted by Crippen LogP contribution is -2.12. The maximum absolute atomic E-state index is 9.16. The molecule has 8 nitrogen and oxygen atoms in total. The molecule has 0 unspecified atom stereocenters. The Hall–Kier alpha value is -3.78. The summed E-state index contributed by atoms with van der Waals surface area (Å²) in [5.41, 5.74) is 3.51. The van der Waals surface area contributed by atoms with Crippen LogP contribution in [0, 0.1) is 0 Å². The van der Waals surface area contributed by atoms with Gasteiger partial charge in [0.25, 0.3) is 0 Å². The minimum Gasteiger partial charge on any atom is -0.395 e. The maximum atomic E-state index is 9.16. The molecule has 2 aromatic heterocycles. The van der Waals surface area contributed by atoms with Crippen molar-refractivity contribution < 1.29 is 5.11 Å². The van der Waals surface area contributed by atoms with Crippen LogP contribution in [-0.4, -0.2) is 38.2 Å². The van der Waals surface area contributed by atoms with E-state index >= 15 is 0 Å². The summed E-state index contributed by atoms with van der Waals surface area (Å²) >= 11 is 0. The summed E-state index contributed by atoms with van der Waals surface area (Å²) in [4.78, 5) is 17.9. The van der Waals surface area contributed by atoms with E-state index in [4.69, 9.17) is 5.11 Å². The topological polar surface area (TPSA) is 108 Å². The van der Waals surface area contributed by atoms with Crippen LogP contribution in [0.15, 0.2) is 67.0 Å². The molecule has 152 valence electrons. The Morgan fingerprint density at radius 3 is 1.93 bits per heavy atom. The molecule has 0 bridgehead atoms. The highest BCUT2D eigenvalue weighted by atomic mass is 16.3. The lowest BCUT2D eigenvalue weighted by Gasteiger charge is -2.13. The van der Waals surface area contributed by atoms with E-state index in [9.17, 15) is 0 Å². The highest BCUT2D eigenvalue weighted by Gasteiger charge is 2.13. The van der Waals surface area contributed by atoms with E-state index in [0.29, 0.717) is 48.3 Å². The van der Waals surface area contributed by atoms with E-state index in [1.165, 1.54) is 6.33 Å². The summed E-state index contributed by atoms with van der Waals surface area (Å²) in [7, 11) is 0. The van der Waals surface area contributed by atoms with Crippen molar-refractivity contribution in [2.75, 3.05) is 29.1 Å². The van der Waals surface area contributed by atoms with Crippen molar-refractivity contribution >= 4 is 28.6 Å². The van der Waals surface area contributed by atoms with Gasteiger partial charge in [0.1, 0.15) is 17.4 Å². The Morgan fingerprint density at radius 1 is 0.667 bits per heavy atom. The van der Waals surface area contributed by atoms with Gasteiger partial charge >= 0.3 is 0 Å². The van der Waals surface area contributed by atoms with Gasteiger partial charge < -0.3 is 21.1 Å². The third-order valence-electron chi connectivity index (χ3n) is 4.48. The number of aromatic nitrogens is 4. The Bertz CT molecular complexity index is 1090. The lowest BCUT2D eigenvalue weighted by atomic mass is 10.2. The van der Waals surface area contributed by atoms with Gasteiger partial charge in [0.2, 0.25) is 5.95 Å². The quantitative estimate of drug-likeness (QED) is 0.339. The SMILES string of the molecule is OCCNc1nc(NCc2ccccc2)c2ncnc(NCc3ccccc3)c2n1. The van der Waals surface area contributed by atoms with Crippen LogP contribution in [0.5, 0.6) is 0 Å². The zero-order valence-electron chi connectivity index (χ0n) is 16.4. The molecule has 0 spiro atoms. The number of fused-ring (bicyclic) bond motifs is 1. The molecular formula is C22H23N7O. The fourth-order valence-electron chi connectivity index (χ4n) is 3.01. The number of aliphatic hydroxyl groups is 1.